The zero-order chi connectivity index (χ0) is 15.0. The second-order valence-corrected chi connectivity index (χ2v) is 8.01. The first-order valence-corrected chi connectivity index (χ1v) is 8.08. The van der Waals surface area contributed by atoms with E-state index in [-0.39, 0.29) is 22.4 Å². The minimum atomic E-state index is -3.64. The third-order valence-corrected chi connectivity index (χ3v) is 5.76. The highest BCUT2D eigenvalue weighted by Crippen LogP contribution is 2.29. The van der Waals surface area contributed by atoms with Crippen LogP contribution in [0.5, 0.6) is 0 Å². The highest BCUT2D eigenvalue weighted by atomic mass is 35.5. The Morgan fingerprint density at radius 1 is 1.42 bits per heavy atom. The summed E-state index contributed by atoms with van der Waals surface area (Å²) in [4.78, 5) is 0. The van der Waals surface area contributed by atoms with Gasteiger partial charge in [-0.2, -0.15) is 9.40 Å². The topological polar surface area (TPSA) is 66.1 Å². The van der Waals surface area contributed by atoms with E-state index in [1.54, 1.807) is 14.0 Å². The van der Waals surface area contributed by atoms with Gasteiger partial charge in [-0.05, 0) is 19.3 Å². The molecular weight excluding hydrogens is 286 g/mol. The lowest BCUT2D eigenvalue weighted by Crippen LogP contribution is -2.43. The molecular formula is C12H22ClN3O2S. The molecule has 1 unspecified atom stereocenters. The Bertz CT molecular complexity index is 546. The highest BCUT2D eigenvalue weighted by Gasteiger charge is 2.35. The second-order valence-electron chi connectivity index (χ2n) is 5.83. The number of halogens is 1. The Morgan fingerprint density at radius 3 is 2.37 bits per heavy atom. The van der Waals surface area contributed by atoms with Crippen LogP contribution in [0.4, 0.5) is 0 Å². The van der Waals surface area contributed by atoms with Crippen LogP contribution in [0.1, 0.15) is 39.0 Å². The molecule has 0 aliphatic carbocycles. The maximum atomic E-state index is 12.6. The predicted molar refractivity (Wildman–Crippen MR) is 76.7 cm³/mol. The molecule has 1 N–H and O–H groups in total. The maximum Gasteiger partial charge on any atom is 0.262 e. The third-order valence-electron chi connectivity index (χ3n) is 3.59. The van der Waals surface area contributed by atoms with Crippen molar-refractivity contribution in [1.29, 1.82) is 0 Å². The molecule has 1 aromatic rings. The Morgan fingerprint density at radius 2 is 1.95 bits per heavy atom. The largest absolute Gasteiger partial charge is 0.281 e. The molecule has 5 nitrogen and oxygen atoms in total. The van der Waals surface area contributed by atoms with Gasteiger partial charge in [0.1, 0.15) is 0 Å². The quantitative estimate of drug-likeness (QED) is 0.869. The van der Waals surface area contributed by atoms with Crippen molar-refractivity contribution in [3.05, 3.63) is 11.3 Å². The van der Waals surface area contributed by atoms with Crippen LogP contribution >= 0.6 is 11.6 Å². The molecule has 110 valence electrons. The third kappa shape index (κ3) is 3.12. The Hall–Kier alpha value is -0.590. The van der Waals surface area contributed by atoms with Crippen LogP contribution in [-0.2, 0) is 15.9 Å². The first-order chi connectivity index (χ1) is 8.53. The minimum absolute atomic E-state index is 0.0265. The molecule has 1 atom stereocenters. The van der Waals surface area contributed by atoms with Crippen LogP contribution in [0.25, 0.3) is 0 Å². The zero-order valence-corrected chi connectivity index (χ0v) is 13.9. The maximum absolute atomic E-state index is 12.6. The molecule has 0 aliphatic heterocycles. The van der Waals surface area contributed by atoms with Gasteiger partial charge in [0.15, 0.2) is 5.03 Å². The number of rotatable bonds is 4. The molecule has 19 heavy (non-hydrogen) atoms. The van der Waals surface area contributed by atoms with E-state index in [1.165, 1.54) is 4.31 Å². The Balaban J connectivity index is 3.25. The Kier molecular flexibility index (Phi) is 4.70. The molecule has 1 heterocycles. The van der Waals surface area contributed by atoms with Gasteiger partial charge in [0.25, 0.3) is 10.0 Å². The van der Waals surface area contributed by atoms with E-state index >= 15 is 0 Å². The molecule has 1 aromatic heterocycles. The monoisotopic (exact) mass is 307 g/mol. The predicted octanol–water partition coefficient (Wildman–Crippen LogP) is 2.51. The van der Waals surface area contributed by atoms with E-state index in [0.717, 1.165) is 0 Å². The van der Waals surface area contributed by atoms with E-state index in [9.17, 15) is 8.42 Å². The number of nitrogens with zero attached hydrogens (tertiary/aromatic N) is 2. The fraction of sp³-hybridized carbons (Fsp3) is 0.750. The number of alkyl halides is 1. The van der Waals surface area contributed by atoms with Gasteiger partial charge in [0.2, 0.25) is 0 Å². The number of nitrogens with one attached hydrogen (secondary N) is 1. The number of aryl methyl sites for hydroxylation is 1. The van der Waals surface area contributed by atoms with Crippen LogP contribution < -0.4 is 0 Å². The van der Waals surface area contributed by atoms with E-state index in [1.807, 2.05) is 27.7 Å². The van der Waals surface area contributed by atoms with Gasteiger partial charge in [-0.3, -0.25) is 5.10 Å². The molecule has 0 spiro atoms. The standard InChI is InChI=1S/C12H22ClN3O2S/c1-8-10(7-13)11(15-14-8)19(17,18)16(6)9(2)12(3,4)5/h9H,7H2,1-6H3,(H,14,15). The molecule has 0 aliphatic rings. The van der Waals surface area contributed by atoms with Crippen molar-refractivity contribution >= 4 is 21.6 Å². The molecule has 0 saturated heterocycles. The van der Waals surface area contributed by atoms with Crippen LogP contribution in [0.3, 0.4) is 0 Å². The van der Waals surface area contributed by atoms with Crippen LogP contribution in [0.15, 0.2) is 5.03 Å². The van der Waals surface area contributed by atoms with E-state index in [4.69, 9.17) is 11.6 Å². The number of sulfonamides is 1. The number of hydrogen-bond donors (Lipinski definition) is 1. The summed E-state index contributed by atoms with van der Waals surface area (Å²) in [7, 11) is -2.06. The van der Waals surface area contributed by atoms with Crippen LogP contribution in [-0.4, -0.2) is 36.0 Å². The van der Waals surface area contributed by atoms with Crippen LogP contribution in [0, 0.1) is 12.3 Å². The van der Waals surface area contributed by atoms with Crippen LogP contribution in [0.2, 0.25) is 0 Å². The fourth-order valence-electron chi connectivity index (χ4n) is 1.69. The molecule has 7 heteroatoms. The zero-order valence-electron chi connectivity index (χ0n) is 12.3. The molecule has 1 rings (SSSR count). The molecule has 0 aromatic carbocycles. The van der Waals surface area contributed by atoms with Gasteiger partial charge < -0.3 is 0 Å². The molecule has 0 fully saturated rings. The summed E-state index contributed by atoms with van der Waals surface area (Å²) in [6.07, 6.45) is 0. The summed E-state index contributed by atoms with van der Waals surface area (Å²) in [5.74, 6) is 0.120. The van der Waals surface area contributed by atoms with Gasteiger partial charge in [-0.1, -0.05) is 20.8 Å². The van der Waals surface area contributed by atoms with Crippen molar-refractivity contribution in [2.45, 2.75) is 51.6 Å². The summed E-state index contributed by atoms with van der Waals surface area (Å²) in [6.45, 7) is 9.65. The van der Waals surface area contributed by atoms with Gasteiger partial charge in [-0.15, -0.1) is 11.6 Å². The Labute approximate surface area is 120 Å². The second kappa shape index (κ2) is 5.42. The van der Waals surface area contributed by atoms with Gasteiger partial charge >= 0.3 is 0 Å². The van der Waals surface area contributed by atoms with Crippen molar-refractivity contribution in [2.24, 2.45) is 5.41 Å². The van der Waals surface area contributed by atoms with Crippen molar-refractivity contribution < 1.29 is 8.42 Å². The highest BCUT2D eigenvalue weighted by molar-refractivity contribution is 7.89. The lowest BCUT2D eigenvalue weighted by molar-refractivity contribution is 0.216. The number of aromatic amines is 1. The van der Waals surface area contributed by atoms with Crippen molar-refractivity contribution in [3.8, 4) is 0 Å². The summed E-state index contributed by atoms with van der Waals surface area (Å²) in [5.41, 5.74) is 1.06. The number of H-pyrrole nitrogens is 1. The van der Waals surface area contributed by atoms with Gasteiger partial charge in [-0.25, -0.2) is 8.42 Å². The smallest absolute Gasteiger partial charge is 0.262 e. The van der Waals surface area contributed by atoms with Gasteiger partial charge in [0.05, 0.1) is 5.88 Å². The van der Waals surface area contributed by atoms with Crippen molar-refractivity contribution in [3.63, 3.8) is 0 Å². The molecule has 0 amide bonds. The van der Waals surface area contributed by atoms with Crippen molar-refractivity contribution in [1.82, 2.24) is 14.5 Å². The van der Waals surface area contributed by atoms with Gasteiger partial charge in [0, 0.05) is 24.3 Å². The summed E-state index contributed by atoms with van der Waals surface area (Å²) >= 11 is 5.82. The lowest BCUT2D eigenvalue weighted by Gasteiger charge is -2.34. The first-order valence-electron chi connectivity index (χ1n) is 6.11. The van der Waals surface area contributed by atoms with E-state index in [2.05, 4.69) is 10.2 Å². The molecule has 0 bridgehead atoms. The normalized spacial score (nSPS) is 14.9. The van der Waals surface area contributed by atoms with E-state index < -0.39 is 10.0 Å². The average molecular weight is 308 g/mol. The minimum Gasteiger partial charge on any atom is -0.281 e. The van der Waals surface area contributed by atoms with Crippen molar-refractivity contribution in [2.75, 3.05) is 7.05 Å². The summed E-state index contributed by atoms with van der Waals surface area (Å²) in [6, 6.07) is -0.155. The number of aromatic nitrogens is 2. The lowest BCUT2D eigenvalue weighted by atomic mass is 9.88. The fourth-order valence-corrected chi connectivity index (χ4v) is 3.80. The SMILES string of the molecule is Cc1[nH]nc(S(=O)(=O)N(C)C(C)C(C)(C)C)c1CCl. The summed E-state index contributed by atoms with van der Waals surface area (Å²) in [5, 5.41) is 6.62. The molecule has 0 radical (unpaired) electrons. The molecule has 0 saturated carbocycles. The first kappa shape index (κ1) is 16.5. The summed E-state index contributed by atoms with van der Waals surface area (Å²) < 4.78 is 26.6. The number of hydrogen-bond acceptors (Lipinski definition) is 3. The van der Waals surface area contributed by atoms with E-state index in [0.29, 0.717) is 11.3 Å². The average Bonchev–Trinajstić information content (AvgIpc) is 2.67.